The molecule has 0 saturated heterocycles. The highest BCUT2D eigenvalue weighted by Crippen LogP contribution is 2.16. The number of aliphatic hydroxyl groups is 2. The summed E-state index contributed by atoms with van der Waals surface area (Å²) in [6.45, 7) is 2.80. The summed E-state index contributed by atoms with van der Waals surface area (Å²) < 4.78 is 0. The second-order valence-electron chi connectivity index (χ2n) is 4.80. The van der Waals surface area contributed by atoms with Gasteiger partial charge in [-0.15, -0.1) is 0 Å². The second-order valence-corrected chi connectivity index (χ2v) is 4.80. The normalized spacial score (nSPS) is 15.1. The first-order chi connectivity index (χ1) is 8.36. The lowest BCUT2D eigenvalue weighted by molar-refractivity contribution is -0.126. The van der Waals surface area contributed by atoms with Crippen molar-refractivity contribution < 1.29 is 15.0 Å². The molecule has 5 N–H and O–H groups in total. The van der Waals surface area contributed by atoms with Gasteiger partial charge in [-0.2, -0.15) is 0 Å². The van der Waals surface area contributed by atoms with Crippen molar-refractivity contribution in [2.45, 2.75) is 31.5 Å². The van der Waals surface area contributed by atoms with Crippen LogP contribution in [0, 0.1) is 0 Å². The van der Waals surface area contributed by atoms with E-state index in [1.54, 1.807) is 0 Å². The van der Waals surface area contributed by atoms with Gasteiger partial charge in [-0.3, -0.25) is 10.1 Å². The van der Waals surface area contributed by atoms with Crippen molar-refractivity contribution in [1.82, 2.24) is 5.32 Å². The average Bonchev–Trinajstić information content (AvgIpc) is 2.29. The Kier molecular flexibility index (Phi) is 4.84. The zero-order valence-corrected chi connectivity index (χ0v) is 10.6. The first kappa shape index (κ1) is 14.6. The number of carbonyl (C=O) groups is 1. The summed E-state index contributed by atoms with van der Waals surface area (Å²) in [6.07, 6.45) is 0. The Hall–Kier alpha value is -1.43. The number of amides is 1. The van der Waals surface area contributed by atoms with Crippen LogP contribution in [-0.4, -0.2) is 34.4 Å². The maximum absolute atomic E-state index is 11.3. The monoisotopic (exact) mass is 252 g/mol. The summed E-state index contributed by atoms with van der Waals surface area (Å²) in [4.78, 5) is 11.3. The van der Waals surface area contributed by atoms with Gasteiger partial charge >= 0.3 is 0 Å². The summed E-state index contributed by atoms with van der Waals surface area (Å²) in [5.74, 6) is -0.656. The maximum atomic E-state index is 11.3. The predicted octanol–water partition coefficient (Wildman–Crippen LogP) is -0.0656. The van der Waals surface area contributed by atoms with E-state index < -0.39 is 23.6 Å². The Morgan fingerprint density at radius 2 is 1.94 bits per heavy atom. The number of hydrogen-bond donors (Lipinski definition) is 4. The largest absolute Gasteiger partial charge is 0.394 e. The van der Waals surface area contributed by atoms with Crippen LogP contribution in [0.25, 0.3) is 0 Å². The molecule has 0 aliphatic heterocycles. The quantitative estimate of drug-likeness (QED) is 0.570. The number of nitrogens with two attached hydrogens (primary N) is 1. The maximum Gasteiger partial charge on any atom is 0.237 e. The first-order valence-electron chi connectivity index (χ1n) is 5.79. The van der Waals surface area contributed by atoms with Gasteiger partial charge in [-0.05, 0) is 19.4 Å². The Morgan fingerprint density at radius 3 is 2.33 bits per heavy atom. The second kappa shape index (κ2) is 5.95. The number of carbonyl (C=O) groups excluding carboxylic acids is 1. The van der Waals surface area contributed by atoms with E-state index in [2.05, 4.69) is 5.32 Å². The van der Waals surface area contributed by atoms with E-state index in [0.717, 1.165) is 5.56 Å². The Morgan fingerprint density at radius 1 is 1.39 bits per heavy atom. The summed E-state index contributed by atoms with van der Waals surface area (Å²) in [6, 6.07) is 7.81. The van der Waals surface area contributed by atoms with Crippen LogP contribution in [-0.2, 0) is 4.79 Å². The van der Waals surface area contributed by atoms with Crippen LogP contribution in [0.4, 0.5) is 0 Å². The van der Waals surface area contributed by atoms with E-state index in [-0.39, 0.29) is 6.61 Å². The first-order valence-corrected chi connectivity index (χ1v) is 5.79. The molecule has 0 aliphatic rings. The fourth-order valence-electron chi connectivity index (χ4n) is 1.78. The van der Waals surface area contributed by atoms with Gasteiger partial charge in [0, 0.05) is 0 Å². The molecule has 1 amide bonds. The number of primary amides is 1. The summed E-state index contributed by atoms with van der Waals surface area (Å²) in [7, 11) is 0. The van der Waals surface area contributed by atoms with Crippen LogP contribution in [0.15, 0.2) is 30.3 Å². The van der Waals surface area contributed by atoms with Crippen LogP contribution < -0.4 is 11.1 Å². The zero-order chi connectivity index (χ0) is 13.8. The standard InChI is InChI=1S/C13H20N2O3/c1-13(2,18)11(12(14)17)15-10(8-16)9-6-4-3-5-7-9/h3-7,10-11,15-16,18H,8H2,1-2H3,(H2,14,17). The molecule has 0 radical (unpaired) electrons. The molecule has 0 aliphatic carbocycles. The lowest BCUT2D eigenvalue weighted by Crippen LogP contribution is -2.56. The molecule has 2 atom stereocenters. The molecule has 2 unspecified atom stereocenters. The molecule has 0 bridgehead atoms. The fraction of sp³-hybridized carbons (Fsp3) is 0.462. The van der Waals surface area contributed by atoms with E-state index in [1.165, 1.54) is 13.8 Å². The third kappa shape index (κ3) is 3.80. The van der Waals surface area contributed by atoms with Gasteiger partial charge < -0.3 is 15.9 Å². The van der Waals surface area contributed by atoms with Crippen LogP contribution in [0.5, 0.6) is 0 Å². The molecule has 18 heavy (non-hydrogen) atoms. The number of benzene rings is 1. The van der Waals surface area contributed by atoms with Crippen LogP contribution in [0.1, 0.15) is 25.5 Å². The molecule has 0 heterocycles. The lowest BCUT2D eigenvalue weighted by atomic mass is 9.96. The molecular formula is C13H20N2O3. The average molecular weight is 252 g/mol. The zero-order valence-electron chi connectivity index (χ0n) is 10.6. The Balaban J connectivity index is 2.88. The summed E-state index contributed by atoms with van der Waals surface area (Å²) >= 11 is 0. The minimum atomic E-state index is -1.30. The molecular weight excluding hydrogens is 232 g/mol. The van der Waals surface area contributed by atoms with E-state index in [4.69, 9.17) is 5.73 Å². The van der Waals surface area contributed by atoms with E-state index in [1.807, 2.05) is 30.3 Å². The Bertz CT molecular complexity index is 387. The number of nitrogens with one attached hydrogen (secondary N) is 1. The van der Waals surface area contributed by atoms with Gasteiger partial charge in [0.05, 0.1) is 18.2 Å². The predicted molar refractivity (Wildman–Crippen MR) is 68.7 cm³/mol. The summed E-state index contributed by atoms with van der Waals surface area (Å²) in [5.41, 5.74) is 4.79. The van der Waals surface area contributed by atoms with Crippen molar-refractivity contribution in [3.63, 3.8) is 0 Å². The lowest BCUT2D eigenvalue weighted by Gasteiger charge is -2.31. The van der Waals surface area contributed by atoms with Crippen molar-refractivity contribution in [3.05, 3.63) is 35.9 Å². The third-order valence-electron chi connectivity index (χ3n) is 2.74. The summed E-state index contributed by atoms with van der Waals surface area (Å²) in [5, 5.41) is 22.2. The third-order valence-corrected chi connectivity index (χ3v) is 2.74. The van der Waals surface area contributed by atoms with E-state index in [0.29, 0.717) is 0 Å². The highest BCUT2D eigenvalue weighted by molar-refractivity contribution is 5.81. The molecule has 1 aromatic rings. The molecule has 0 fully saturated rings. The van der Waals surface area contributed by atoms with Crippen molar-refractivity contribution in [2.75, 3.05) is 6.61 Å². The smallest absolute Gasteiger partial charge is 0.237 e. The molecule has 1 aromatic carbocycles. The van der Waals surface area contributed by atoms with Crippen LogP contribution in [0.3, 0.4) is 0 Å². The molecule has 0 aromatic heterocycles. The van der Waals surface area contributed by atoms with Gasteiger partial charge in [0.25, 0.3) is 0 Å². The van der Waals surface area contributed by atoms with E-state index >= 15 is 0 Å². The van der Waals surface area contributed by atoms with Crippen molar-refractivity contribution in [3.8, 4) is 0 Å². The van der Waals surface area contributed by atoms with Gasteiger partial charge in [0.15, 0.2) is 0 Å². The molecule has 0 saturated carbocycles. The van der Waals surface area contributed by atoms with Gasteiger partial charge in [0.2, 0.25) is 5.91 Å². The van der Waals surface area contributed by atoms with Crippen molar-refractivity contribution >= 4 is 5.91 Å². The van der Waals surface area contributed by atoms with Crippen molar-refractivity contribution in [2.24, 2.45) is 5.73 Å². The highest BCUT2D eigenvalue weighted by atomic mass is 16.3. The molecule has 5 nitrogen and oxygen atoms in total. The topological polar surface area (TPSA) is 95.6 Å². The minimum absolute atomic E-state index is 0.191. The van der Waals surface area contributed by atoms with Gasteiger partial charge in [-0.25, -0.2) is 0 Å². The fourth-order valence-corrected chi connectivity index (χ4v) is 1.78. The Labute approximate surface area is 107 Å². The molecule has 0 spiro atoms. The number of hydrogen-bond acceptors (Lipinski definition) is 4. The van der Waals surface area contributed by atoms with E-state index in [9.17, 15) is 15.0 Å². The minimum Gasteiger partial charge on any atom is -0.394 e. The van der Waals surface area contributed by atoms with Crippen LogP contribution in [0.2, 0.25) is 0 Å². The molecule has 1 rings (SSSR count). The molecule has 100 valence electrons. The number of rotatable bonds is 6. The van der Waals surface area contributed by atoms with Gasteiger partial charge in [-0.1, -0.05) is 30.3 Å². The van der Waals surface area contributed by atoms with Crippen LogP contribution >= 0.6 is 0 Å². The highest BCUT2D eigenvalue weighted by Gasteiger charge is 2.33. The molecule has 5 heteroatoms. The number of aliphatic hydroxyl groups excluding tert-OH is 1. The van der Waals surface area contributed by atoms with Crippen molar-refractivity contribution in [1.29, 1.82) is 0 Å². The van der Waals surface area contributed by atoms with Gasteiger partial charge in [0.1, 0.15) is 6.04 Å². The SMILES string of the molecule is CC(C)(O)C(NC(CO)c1ccccc1)C(N)=O.